The van der Waals surface area contributed by atoms with Gasteiger partial charge in [0, 0.05) is 25.3 Å². The van der Waals surface area contributed by atoms with Crippen LogP contribution in [0.15, 0.2) is 54.6 Å². The molecule has 0 aliphatic carbocycles. The van der Waals surface area contributed by atoms with Crippen LogP contribution in [0, 0.1) is 0 Å². The van der Waals surface area contributed by atoms with Crippen molar-refractivity contribution >= 4 is 17.7 Å². The molecule has 1 amide bonds. The van der Waals surface area contributed by atoms with E-state index in [2.05, 4.69) is 17.0 Å². The van der Waals surface area contributed by atoms with Crippen LogP contribution in [-0.4, -0.2) is 53.3 Å². The number of aromatic carboxylic acids is 1. The first kappa shape index (κ1) is 20.7. The summed E-state index contributed by atoms with van der Waals surface area (Å²) in [6.07, 6.45) is 0.437. The standard InChI is InChI=1S/C23H28N2O4/c1-23(2,3)29-22(28)24-12-13-25(19-11-7-10-18(15-19)21(26)27)20(16-24)14-17-8-5-4-6-9-17/h4-11,15,20H,12-14,16H2,1-3H3,(H,26,27)/t20-/m0/s1. The summed E-state index contributed by atoms with van der Waals surface area (Å²) in [7, 11) is 0. The third kappa shape index (κ3) is 5.50. The number of carbonyl (C=O) groups excluding carboxylic acids is 1. The first-order valence-corrected chi connectivity index (χ1v) is 9.85. The van der Waals surface area contributed by atoms with E-state index >= 15 is 0 Å². The molecule has 0 spiro atoms. The fraction of sp³-hybridized carbons (Fsp3) is 0.391. The first-order chi connectivity index (χ1) is 13.7. The van der Waals surface area contributed by atoms with Gasteiger partial charge in [0.25, 0.3) is 0 Å². The minimum Gasteiger partial charge on any atom is -0.478 e. The van der Waals surface area contributed by atoms with E-state index in [0.29, 0.717) is 19.6 Å². The second-order valence-corrected chi connectivity index (χ2v) is 8.32. The molecule has 0 bridgehead atoms. The predicted molar refractivity (Wildman–Crippen MR) is 112 cm³/mol. The topological polar surface area (TPSA) is 70.1 Å². The fourth-order valence-electron chi connectivity index (χ4n) is 3.57. The fourth-order valence-corrected chi connectivity index (χ4v) is 3.57. The van der Waals surface area contributed by atoms with Crippen molar-refractivity contribution in [2.45, 2.75) is 38.8 Å². The molecule has 1 saturated heterocycles. The van der Waals surface area contributed by atoms with E-state index < -0.39 is 11.6 Å². The lowest BCUT2D eigenvalue weighted by Crippen LogP contribution is -2.56. The molecule has 1 N–H and O–H groups in total. The molecule has 6 nitrogen and oxygen atoms in total. The maximum atomic E-state index is 12.6. The lowest BCUT2D eigenvalue weighted by atomic mass is 10.0. The number of hydrogen-bond acceptors (Lipinski definition) is 4. The SMILES string of the molecule is CC(C)(C)OC(=O)N1CCN(c2cccc(C(=O)O)c2)[C@@H](Cc2ccccc2)C1. The van der Waals surface area contributed by atoms with Crippen LogP contribution in [0.25, 0.3) is 0 Å². The molecule has 2 aromatic rings. The van der Waals surface area contributed by atoms with Crippen molar-refractivity contribution in [3.05, 3.63) is 65.7 Å². The van der Waals surface area contributed by atoms with Crippen LogP contribution in [0.5, 0.6) is 0 Å². The van der Waals surface area contributed by atoms with Crippen LogP contribution in [0.2, 0.25) is 0 Å². The average molecular weight is 396 g/mol. The largest absolute Gasteiger partial charge is 0.478 e. The van der Waals surface area contributed by atoms with Crippen molar-refractivity contribution in [3.63, 3.8) is 0 Å². The van der Waals surface area contributed by atoms with Crippen molar-refractivity contribution in [2.24, 2.45) is 0 Å². The zero-order valence-electron chi connectivity index (χ0n) is 17.2. The molecule has 1 aliphatic rings. The number of rotatable bonds is 4. The summed E-state index contributed by atoms with van der Waals surface area (Å²) in [5.74, 6) is -0.946. The molecule has 1 heterocycles. The molecule has 1 fully saturated rings. The Morgan fingerprint density at radius 2 is 1.79 bits per heavy atom. The normalized spacial score (nSPS) is 17.1. The van der Waals surface area contributed by atoms with Gasteiger partial charge in [0.15, 0.2) is 0 Å². The Labute approximate surface area is 171 Å². The minimum atomic E-state index is -0.946. The van der Waals surface area contributed by atoms with Crippen LogP contribution in [0.1, 0.15) is 36.7 Å². The summed E-state index contributed by atoms with van der Waals surface area (Å²) in [5, 5.41) is 9.34. The van der Waals surface area contributed by atoms with E-state index in [4.69, 9.17) is 4.74 Å². The lowest BCUT2D eigenvalue weighted by molar-refractivity contribution is 0.0214. The number of ether oxygens (including phenoxy) is 1. The van der Waals surface area contributed by atoms with Crippen LogP contribution in [-0.2, 0) is 11.2 Å². The molecule has 3 rings (SSSR count). The molecule has 0 aromatic heterocycles. The Balaban J connectivity index is 1.84. The zero-order chi connectivity index (χ0) is 21.0. The van der Waals surface area contributed by atoms with Crippen molar-refractivity contribution in [3.8, 4) is 0 Å². The van der Waals surface area contributed by atoms with Crippen LogP contribution in [0.4, 0.5) is 10.5 Å². The zero-order valence-corrected chi connectivity index (χ0v) is 17.2. The van der Waals surface area contributed by atoms with E-state index in [9.17, 15) is 14.7 Å². The van der Waals surface area contributed by atoms with Crippen molar-refractivity contribution in [1.29, 1.82) is 0 Å². The number of amides is 1. The molecule has 0 saturated carbocycles. The molecular weight excluding hydrogens is 368 g/mol. The van der Waals surface area contributed by atoms with Crippen LogP contribution in [0.3, 0.4) is 0 Å². The van der Waals surface area contributed by atoms with E-state index in [-0.39, 0.29) is 17.7 Å². The van der Waals surface area contributed by atoms with Crippen molar-refractivity contribution < 1.29 is 19.4 Å². The van der Waals surface area contributed by atoms with Gasteiger partial charge in [-0.2, -0.15) is 0 Å². The number of piperazine rings is 1. The van der Waals surface area contributed by atoms with Crippen molar-refractivity contribution in [2.75, 3.05) is 24.5 Å². The summed E-state index contributed by atoms with van der Waals surface area (Å²) in [4.78, 5) is 27.9. The molecule has 2 aromatic carbocycles. The number of carboxylic acids is 1. The number of nitrogens with zero attached hydrogens (tertiary/aromatic N) is 2. The van der Waals surface area contributed by atoms with E-state index in [0.717, 1.165) is 12.1 Å². The monoisotopic (exact) mass is 396 g/mol. The molecule has 1 atom stereocenters. The maximum Gasteiger partial charge on any atom is 0.410 e. The van der Waals surface area contributed by atoms with Gasteiger partial charge in [0.2, 0.25) is 0 Å². The maximum absolute atomic E-state index is 12.6. The van der Waals surface area contributed by atoms with Gasteiger partial charge in [-0.15, -0.1) is 0 Å². The smallest absolute Gasteiger partial charge is 0.410 e. The quantitative estimate of drug-likeness (QED) is 0.844. The summed E-state index contributed by atoms with van der Waals surface area (Å²) in [6.45, 7) is 7.23. The number of carbonyl (C=O) groups is 2. The molecule has 1 aliphatic heterocycles. The van der Waals surface area contributed by atoms with E-state index in [1.165, 1.54) is 5.56 Å². The Kier molecular flexibility index (Phi) is 6.11. The van der Waals surface area contributed by atoms with Crippen LogP contribution < -0.4 is 4.90 Å². The Hall–Kier alpha value is -3.02. The number of hydrogen-bond donors (Lipinski definition) is 1. The van der Waals surface area contributed by atoms with Gasteiger partial charge >= 0.3 is 12.1 Å². The number of anilines is 1. The van der Waals surface area contributed by atoms with Crippen molar-refractivity contribution in [1.82, 2.24) is 4.90 Å². The first-order valence-electron chi connectivity index (χ1n) is 9.85. The van der Waals surface area contributed by atoms with Gasteiger partial charge in [-0.1, -0.05) is 36.4 Å². The highest BCUT2D eigenvalue weighted by molar-refractivity contribution is 5.88. The lowest BCUT2D eigenvalue weighted by Gasteiger charge is -2.43. The highest BCUT2D eigenvalue weighted by atomic mass is 16.6. The highest BCUT2D eigenvalue weighted by Crippen LogP contribution is 2.25. The molecule has 0 radical (unpaired) electrons. The number of benzene rings is 2. The third-order valence-corrected chi connectivity index (χ3v) is 4.87. The second kappa shape index (κ2) is 8.55. The molecule has 6 heteroatoms. The molecule has 29 heavy (non-hydrogen) atoms. The Morgan fingerprint density at radius 3 is 2.45 bits per heavy atom. The molecule has 154 valence electrons. The van der Waals surface area contributed by atoms with Gasteiger partial charge in [0.1, 0.15) is 5.60 Å². The highest BCUT2D eigenvalue weighted by Gasteiger charge is 2.32. The second-order valence-electron chi connectivity index (χ2n) is 8.32. The molecular formula is C23H28N2O4. The number of carboxylic acid groups (broad SMARTS) is 1. The summed E-state index contributed by atoms with van der Waals surface area (Å²) >= 11 is 0. The van der Waals surface area contributed by atoms with E-state index in [1.54, 1.807) is 23.1 Å². The summed E-state index contributed by atoms with van der Waals surface area (Å²) in [5.41, 5.74) is 1.74. The minimum absolute atomic E-state index is 0.0164. The van der Waals surface area contributed by atoms with Gasteiger partial charge in [-0.3, -0.25) is 0 Å². The summed E-state index contributed by atoms with van der Waals surface area (Å²) in [6, 6.07) is 17.1. The average Bonchev–Trinajstić information content (AvgIpc) is 2.67. The van der Waals surface area contributed by atoms with Gasteiger partial charge in [-0.05, 0) is 51.0 Å². The van der Waals surface area contributed by atoms with E-state index in [1.807, 2.05) is 45.0 Å². The summed E-state index contributed by atoms with van der Waals surface area (Å²) < 4.78 is 5.56. The molecule has 0 unspecified atom stereocenters. The Bertz CT molecular complexity index is 861. The van der Waals surface area contributed by atoms with Crippen LogP contribution >= 0.6 is 0 Å². The van der Waals surface area contributed by atoms with Gasteiger partial charge in [0.05, 0.1) is 11.6 Å². The third-order valence-electron chi connectivity index (χ3n) is 4.87. The predicted octanol–water partition coefficient (Wildman–Crippen LogP) is 4.05. The van der Waals surface area contributed by atoms with Gasteiger partial charge < -0.3 is 19.6 Å². The van der Waals surface area contributed by atoms with Gasteiger partial charge in [-0.25, -0.2) is 9.59 Å². The Morgan fingerprint density at radius 1 is 1.07 bits per heavy atom.